The van der Waals surface area contributed by atoms with Gasteiger partial charge < -0.3 is 9.84 Å². The van der Waals surface area contributed by atoms with Crippen LogP contribution in [0.4, 0.5) is 0 Å². The van der Waals surface area contributed by atoms with Crippen molar-refractivity contribution in [2.24, 2.45) is 17.8 Å². The summed E-state index contributed by atoms with van der Waals surface area (Å²) >= 11 is 0. The van der Waals surface area contributed by atoms with Crippen molar-refractivity contribution >= 4 is 5.97 Å². The molecule has 2 fully saturated rings. The summed E-state index contributed by atoms with van der Waals surface area (Å²) in [6.45, 7) is 4.43. The topological polar surface area (TPSA) is 46.5 Å². The lowest BCUT2D eigenvalue weighted by atomic mass is 9.88. The van der Waals surface area contributed by atoms with Crippen LogP contribution in [-0.2, 0) is 14.9 Å². The number of hydrogen-bond donors (Lipinski definition) is 1. The Hall–Kier alpha value is -1.51. The van der Waals surface area contributed by atoms with Crippen LogP contribution < -0.4 is 0 Å². The lowest BCUT2D eigenvalue weighted by molar-refractivity contribution is -0.146. The molecule has 3 unspecified atom stereocenters. The molecule has 3 nitrogen and oxygen atoms in total. The van der Waals surface area contributed by atoms with E-state index < -0.39 is 0 Å². The van der Waals surface area contributed by atoms with Crippen LogP contribution >= 0.6 is 0 Å². The molecule has 3 heteroatoms. The van der Waals surface area contributed by atoms with E-state index in [2.05, 4.69) is 6.92 Å². The zero-order valence-corrected chi connectivity index (χ0v) is 10.7. The van der Waals surface area contributed by atoms with E-state index in [4.69, 9.17) is 4.74 Å². The van der Waals surface area contributed by atoms with Crippen molar-refractivity contribution in [3.8, 4) is 5.75 Å². The zero-order chi connectivity index (χ0) is 12.9. The molecule has 0 saturated heterocycles. The van der Waals surface area contributed by atoms with E-state index in [9.17, 15) is 9.90 Å². The Kier molecular flexibility index (Phi) is 2.40. The fraction of sp³-hybridized carbons (Fsp3) is 0.533. The highest BCUT2D eigenvalue weighted by molar-refractivity contribution is 5.84. The van der Waals surface area contributed by atoms with Crippen molar-refractivity contribution in [1.29, 1.82) is 0 Å². The Morgan fingerprint density at radius 3 is 2.83 bits per heavy atom. The summed E-state index contributed by atoms with van der Waals surface area (Å²) in [5.74, 6) is 1.23. The number of phenols is 1. The molecular formula is C15H18O3. The fourth-order valence-corrected chi connectivity index (χ4v) is 3.82. The minimum atomic E-state index is -0.0736. The molecule has 1 N–H and O–H groups in total. The van der Waals surface area contributed by atoms with Crippen LogP contribution in [0.2, 0.25) is 0 Å². The largest absolute Gasteiger partial charge is 0.508 e. The SMILES string of the molecule is CCOC(=O)[C@@H]1C2C(CC)C21c1cccc(O)c1. The summed E-state index contributed by atoms with van der Waals surface area (Å²) in [7, 11) is 0. The number of ether oxygens (including phenoxy) is 1. The van der Waals surface area contributed by atoms with E-state index in [1.54, 1.807) is 12.1 Å². The van der Waals surface area contributed by atoms with E-state index in [1.807, 2.05) is 19.1 Å². The van der Waals surface area contributed by atoms with Crippen LogP contribution in [0.25, 0.3) is 0 Å². The number of fused-ring (bicyclic) bond motifs is 1. The Morgan fingerprint density at radius 1 is 1.44 bits per heavy atom. The smallest absolute Gasteiger partial charge is 0.310 e. The Labute approximate surface area is 107 Å². The molecule has 1 aromatic rings. The summed E-state index contributed by atoms with van der Waals surface area (Å²) in [6.07, 6.45) is 1.08. The molecule has 2 aliphatic carbocycles. The second kappa shape index (κ2) is 3.74. The van der Waals surface area contributed by atoms with E-state index in [-0.39, 0.29) is 23.1 Å². The van der Waals surface area contributed by atoms with Gasteiger partial charge in [-0.3, -0.25) is 4.79 Å². The molecule has 4 atom stereocenters. The monoisotopic (exact) mass is 246 g/mol. The molecule has 0 aliphatic heterocycles. The second-order valence-corrected chi connectivity index (χ2v) is 5.25. The molecule has 0 radical (unpaired) electrons. The maximum absolute atomic E-state index is 11.9. The molecule has 0 bridgehead atoms. The number of benzene rings is 1. The van der Waals surface area contributed by atoms with Crippen LogP contribution in [0.1, 0.15) is 25.8 Å². The van der Waals surface area contributed by atoms with E-state index in [0.717, 1.165) is 12.0 Å². The van der Waals surface area contributed by atoms with E-state index in [0.29, 0.717) is 18.4 Å². The van der Waals surface area contributed by atoms with Crippen molar-refractivity contribution in [3.63, 3.8) is 0 Å². The van der Waals surface area contributed by atoms with Gasteiger partial charge in [0.2, 0.25) is 0 Å². The highest BCUT2D eigenvalue weighted by Gasteiger charge is 2.88. The number of phenolic OH excluding ortho intramolecular Hbond substituents is 1. The predicted molar refractivity (Wildman–Crippen MR) is 67.2 cm³/mol. The summed E-state index contributed by atoms with van der Waals surface area (Å²) in [4.78, 5) is 11.9. The third-order valence-electron chi connectivity index (χ3n) is 4.58. The average molecular weight is 246 g/mol. The summed E-state index contributed by atoms with van der Waals surface area (Å²) < 4.78 is 5.13. The van der Waals surface area contributed by atoms with Gasteiger partial charge in [-0.2, -0.15) is 0 Å². The Morgan fingerprint density at radius 2 is 2.22 bits per heavy atom. The number of esters is 1. The van der Waals surface area contributed by atoms with Gasteiger partial charge >= 0.3 is 5.97 Å². The van der Waals surface area contributed by atoms with Crippen molar-refractivity contribution in [2.75, 3.05) is 6.61 Å². The molecule has 0 amide bonds. The molecule has 18 heavy (non-hydrogen) atoms. The second-order valence-electron chi connectivity index (χ2n) is 5.25. The summed E-state index contributed by atoms with van der Waals surface area (Å²) in [5, 5.41) is 9.59. The van der Waals surface area contributed by atoms with Crippen LogP contribution in [0, 0.1) is 17.8 Å². The van der Waals surface area contributed by atoms with Crippen LogP contribution in [0.15, 0.2) is 24.3 Å². The predicted octanol–water partition coefficient (Wildman–Crippen LogP) is 2.48. The number of carbonyl (C=O) groups is 1. The first-order valence-corrected chi connectivity index (χ1v) is 6.64. The van der Waals surface area contributed by atoms with E-state index in [1.165, 1.54) is 0 Å². The van der Waals surface area contributed by atoms with Crippen molar-refractivity contribution in [2.45, 2.75) is 25.7 Å². The number of hydrogen-bond acceptors (Lipinski definition) is 3. The highest BCUT2D eigenvalue weighted by Crippen LogP contribution is 2.85. The number of rotatable bonds is 4. The third-order valence-corrected chi connectivity index (χ3v) is 4.58. The van der Waals surface area contributed by atoms with Crippen molar-refractivity contribution < 1.29 is 14.6 Å². The van der Waals surface area contributed by atoms with Crippen molar-refractivity contribution in [3.05, 3.63) is 29.8 Å². The Bertz CT molecular complexity index is 496. The van der Waals surface area contributed by atoms with Crippen LogP contribution in [0.5, 0.6) is 5.75 Å². The molecule has 0 spiro atoms. The molecule has 2 saturated carbocycles. The van der Waals surface area contributed by atoms with Crippen LogP contribution in [0.3, 0.4) is 0 Å². The molecule has 0 aromatic heterocycles. The lowest BCUT2D eigenvalue weighted by Gasteiger charge is -2.17. The number of aromatic hydroxyl groups is 1. The molecule has 0 heterocycles. The third kappa shape index (κ3) is 1.27. The van der Waals surface area contributed by atoms with Gasteiger partial charge in [0.25, 0.3) is 0 Å². The molecular weight excluding hydrogens is 228 g/mol. The molecule has 1 aromatic carbocycles. The van der Waals surface area contributed by atoms with Gasteiger partial charge in [0.15, 0.2) is 0 Å². The lowest BCUT2D eigenvalue weighted by Crippen LogP contribution is -2.22. The molecule has 96 valence electrons. The first-order valence-electron chi connectivity index (χ1n) is 6.64. The maximum atomic E-state index is 11.9. The Balaban J connectivity index is 1.87. The fourth-order valence-electron chi connectivity index (χ4n) is 3.82. The quantitative estimate of drug-likeness (QED) is 0.830. The maximum Gasteiger partial charge on any atom is 0.310 e. The van der Waals surface area contributed by atoms with Gasteiger partial charge in [0.1, 0.15) is 5.75 Å². The standard InChI is InChI=1S/C15H18O3/c1-3-11-12-13(14(17)18-4-2)15(11,12)9-6-5-7-10(16)8-9/h5-8,11-13,16H,3-4H2,1-2H3/t11?,12?,13-,15?/m0/s1. The number of carbonyl (C=O) groups excluding carboxylic acids is 1. The van der Waals surface area contributed by atoms with Gasteiger partial charge in [-0.15, -0.1) is 0 Å². The van der Waals surface area contributed by atoms with Gasteiger partial charge in [-0.1, -0.05) is 25.5 Å². The summed E-state index contributed by atoms with van der Waals surface area (Å²) in [5.41, 5.74) is 1.07. The van der Waals surface area contributed by atoms with Gasteiger partial charge in [-0.05, 0) is 36.5 Å². The van der Waals surface area contributed by atoms with Crippen molar-refractivity contribution in [1.82, 2.24) is 0 Å². The first-order chi connectivity index (χ1) is 8.67. The normalized spacial score (nSPS) is 35.8. The minimum absolute atomic E-state index is 0.0178. The molecule has 2 aliphatic rings. The van der Waals surface area contributed by atoms with Crippen LogP contribution in [-0.4, -0.2) is 17.7 Å². The zero-order valence-electron chi connectivity index (χ0n) is 10.7. The minimum Gasteiger partial charge on any atom is -0.508 e. The van der Waals surface area contributed by atoms with Gasteiger partial charge in [0, 0.05) is 5.41 Å². The van der Waals surface area contributed by atoms with Gasteiger partial charge in [0.05, 0.1) is 12.5 Å². The molecule has 3 rings (SSSR count). The average Bonchev–Trinajstić information content (AvgIpc) is 3.17. The van der Waals surface area contributed by atoms with Gasteiger partial charge in [-0.25, -0.2) is 0 Å². The van der Waals surface area contributed by atoms with E-state index >= 15 is 0 Å². The highest BCUT2D eigenvalue weighted by atomic mass is 16.5. The first kappa shape index (κ1) is 11.6. The summed E-state index contributed by atoms with van der Waals surface area (Å²) in [6, 6.07) is 7.33.